The number of fused-ring (bicyclic) bond motifs is 1. The first-order valence-electron chi connectivity index (χ1n) is 7.18. The van der Waals surface area contributed by atoms with Crippen LogP contribution in [-0.4, -0.2) is 17.2 Å². The van der Waals surface area contributed by atoms with Gasteiger partial charge in [0.25, 0.3) is 0 Å². The van der Waals surface area contributed by atoms with Crippen molar-refractivity contribution in [3.8, 4) is 0 Å². The molecule has 1 saturated heterocycles. The molecule has 2 atom stereocenters. The molecule has 106 valence electrons. The fourth-order valence-electron chi connectivity index (χ4n) is 3.05. The maximum atomic E-state index is 6.01. The van der Waals surface area contributed by atoms with Crippen LogP contribution in [0.25, 0.3) is 10.9 Å². The van der Waals surface area contributed by atoms with Crippen LogP contribution in [-0.2, 0) is 4.74 Å². The van der Waals surface area contributed by atoms with Crippen molar-refractivity contribution in [1.82, 2.24) is 10.4 Å². The van der Waals surface area contributed by atoms with Crippen molar-refractivity contribution >= 4 is 10.9 Å². The van der Waals surface area contributed by atoms with Gasteiger partial charge < -0.3 is 4.74 Å². The molecule has 0 amide bonds. The van der Waals surface area contributed by atoms with E-state index in [-0.39, 0.29) is 11.6 Å². The fourth-order valence-corrected chi connectivity index (χ4v) is 3.05. The van der Waals surface area contributed by atoms with Crippen molar-refractivity contribution in [3.63, 3.8) is 0 Å². The fraction of sp³-hybridized carbons (Fsp3) is 0.438. The Labute approximate surface area is 119 Å². The largest absolute Gasteiger partial charge is 0.373 e. The number of nitrogens with two attached hydrogens (primary N) is 1. The predicted octanol–water partition coefficient (Wildman–Crippen LogP) is 2.70. The summed E-state index contributed by atoms with van der Waals surface area (Å²) >= 11 is 0. The molecule has 3 rings (SSSR count). The number of nitrogens with one attached hydrogen (secondary N) is 1. The van der Waals surface area contributed by atoms with Crippen LogP contribution in [0.15, 0.2) is 36.5 Å². The SMILES string of the molecule is CC1(C(NN)c2cnc3ccccc3c2)CCCCO1. The van der Waals surface area contributed by atoms with Crippen LogP contribution in [0.4, 0.5) is 0 Å². The van der Waals surface area contributed by atoms with Gasteiger partial charge in [-0.05, 0) is 43.9 Å². The highest BCUT2D eigenvalue weighted by Gasteiger charge is 2.37. The Morgan fingerprint density at radius 2 is 2.20 bits per heavy atom. The molecule has 2 heterocycles. The number of benzene rings is 1. The number of para-hydroxylation sites is 1. The number of rotatable bonds is 3. The Kier molecular flexibility index (Phi) is 3.70. The highest BCUT2D eigenvalue weighted by molar-refractivity contribution is 5.78. The van der Waals surface area contributed by atoms with Crippen LogP contribution in [0.1, 0.15) is 37.8 Å². The number of nitrogens with zero attached hydrogens (tertiary/aromatic N) is 1. The van der Waals surface area contributed by atoms with E-state index in [1.165, 1.54) is 6.42 Å². The lowest BCUT2D eigenvalue weighted by molar-refractivity contribution is -0.0899. The number of ether oxygens (including phenoxy) is 1. The standard InChI is InChI=1S/C16H21N3O/c1-16(8-4-5-9-20-16)15(19-17)13-10-12-6-2-3-7-14(12)18-11-13/h2-3,6-7,10-11,15,19H,4-5,8-9,17H2,1H3. The van der Waals surface area contributed by atoms with Crippen LogP contribution in [0.2, 0.25) is 0 Å². The molecule has 4 heteroatoms. The summed E-state index contributed by atoms with van der Waals surface area (Å²) in [5.41, 5.74) is 4.74. The Balaban J connectivity index is 1.98. The molecule has 20 heavy (non-hydrogen) atoms. The minimum absolute atomic E-state index is 0.0418. The Hall–Kier alpha value is -1.49. The van der Waals surface area contributed by atoms with E-state index in [1.807, 2.05) is 24.4 Å². The van der Waals surface area contributed by atoms with Gasteiger partial charge in [-0.15, -0.1) is 0 Å². The number of aromatic nitrogens is 1. The first-order valence-corrected chi connectivity index (χ1v) is 7.18. The van der Waals surface area contributed by atoms with E-state index < -0.39 is 0 Å². The molecule has 0 bridgehead atoms. The number of pyridine rings is 1. The monoisotopic (exact) mass is 271 g/mol. The van der Waals surface area contributed by atoms with Crippen molar-refractivity contribution in [1.29, 1.82) is 0 Å². The van der Waals surface area contributed by atoms with Crippen molar-refractivity contribution in [2.45, 2.75) is 37.8 Å². The second-order valence-electron chi connectivity index (χ2n) is 5.68. The minimum Gasteiger partial charge on any atom is -0.373 e. The molecule has 0 saturated carbocycles. The van der Waals surface area contributed by atoms with Gasteiger partial charge in [-0.2, -0.15) is 0 Å². The summed E-state index contributed by atoms with van der Waals surface area (Å²) in [6.45, 7) is 2.93. The maximum absolute atomic E-state index is 6.01. The topological polar surface area (TPSA) is 60.2 Å². The van der Waals surface area contributed by atoms with Crippen molar-refractivity contribution < 1.29 is 4.74 Å². The lowest BCUT2D eigenvalue weighted by atomic mass is 9.85. The van der Waals surface area contributed by atoms with Crippen molar-refractivity contribution in [3.05, 3.63) is 42.1 Å². The van der Waals surface area contributed by atoms with Gasteiger partial charge in [0, 0.05) is 18.2 Å². The van der Waals surface area contributed by atoms with E-state index in [0.717, 1.165) is 35.9 Å². The van der Waals surface area contributed by atoms with E-state index in [1.54, 1.807) is 0 Å². The molecular formula is C16H21N3O. The highest BCUT2D eigenvalue weighted by Crippen LogP contribution is 2.36. The predicted molar refractivity (Wildman–Crippen MR) is 80.0 cm³/mol. The summed E-state index contributed by atoms with van der Waals surface area (Å²) in [6.07, 6.45) is 5.21. The second-order valence-corrected chi connectivity index (χ2v) is 5.68. The van der Waals surface area contributed by atoms with Gasteiger partial charge in [0.2, 0.25) is 0 Å². The Morgan fingerprint density at radius 1 is 1.35 bits per heavy atom. The summed E-state index contributed by atoms with van der Waals surface area (Å²) in [5.74, 6) is 5.81. The molecule has 1 fully saturated rings. The average molecular weight is 271 g/mol. The van der Waals surface area contributed by atoms with E-state index >= 15 is 0 Å². The van der Waals surface area contributed by atoms with Gasteiger partial charge in [0.1, 0.15) is 0 Å². The third kappa shape index (κ3) is 2.42. The van der Waals surface area contributed by atoms with Gasteiger partial charge in [0.15, 0.2) is 0 Å². The first-order chi connectivity index (χ1) is 9.73. The maximum Gasteiger partial charge on any atom is 0.0861 e. The average Bonchev–Trinajstić information content (AvgIpc) is 2.48. The summed E-state index contributed by atoms with van der Waals surface area (Å²) in [5, 5.41) is 1.13. The van der Waals surface area contributed by atoms with Crippen LogP contribution in [0, 0.1) is 0 Å². The molecule has 2 aromatic rings. The zero-order valence-electron chi connectivity index (χ0n) is 11.8. The smallest absolute Gasteiger partial charge is 0.0861 e. The lowest BCUT2D eigenvalue weighted by Gasteiger charge is -2.40. The molecule has 3 N–H and O–H groups in total. The summed E-state index contributed by atoms with van der Waals surface area (Å²) in [6, 6.07) is 10.2. The number of hydrogen-bond acceptors (Lipinski definition) is 4. The summed E-state index contributed by atoms with van der Waals surface area (Å²) < 4.78 is 6.01. The van der Waals surface area contributed by atoms with Gasteiger partial charge in [0.05, 0.1) is 17.2 Å². The molecule has 1 aliphatic rings. The zero-order chi connectivity index (χ0) is 14.0. The van der Waals surface area contributed by atoms with Gasteiger partial charge in [-0.25, -0.2) is 0 Å². The Bertz CT molecular complexity index is 593. The minimum atomic E-state index is -0.267. The van der Waals surface area contributed by atoms with E-state index in [4.69, 9.17) is 10.6 Å². The van der Waals surface area contributed by atoms with Gasteiger partial charge in [-0.1, -0.05) is 18.2 Å². The Morgan fingerprint density at radius 3 is 2.95 bits per heavy atom. The normalized spacial score (nSPS) is 24.7. The summed E-state index contributed by atoms with van der Waals surface area (Å²) in [4.78, 5) is 4.52. The third-order valence-electron chi connectivity index (χ3n) is 4.22. The van der Waals surface area contributed by atoms with Crippen molar-refractivity contribution in [2.75, 3.05) is 6.61 Å². The van der Waals surface area contributed by atoms with E-state index in [0.29, 0.717) is 0 Å². The molecule has 0 spiro atoms. The molecular weight excluding hydrogens is 250 g/mol. The summed E-state index contributed by atoms with van der Waals surface area (Å²) in [7, 11) is 0. The van der Waals surface area contributed by atoms with Crippen LogP contribution < -0.4 is 11.3 Å². The van der Waals surface area contributed by atoms with Crippen molar-refractivity contribution in [2.24, 2.45) is 5.84 Å². The highest BCUT2D eigenvalue weighted by atomic mass is 16.5. The number of hydrazine groups is 1. The first kappa shape index (κ1) is 13.5. The van der Waals surface area contributed by atoms with Crippen LogP contribution in [0.3, 0.4) is 0 Å². The van der Waals surface area contributed by atoms with Crippen LogP contribution in [0.5, 0.6) is 0 Å². The molecule has 1 aromatic heterocycles. The molecule has 4 nitrogen and oxygen atoms in total. The molecule has 2 unspecified atom stereocenters. The molecule has 0 aliphatic carbocycles. The van der Waals surface area contributed by atoms with E-state index in [9.17, 15) is 0 Å². The zero-order valence-corrected chi connectivity index (χ0v) is 11.8. The molecule has 0 radical (unpaired) electrons. The van der Waals surface area contributed by atoms with Gasteiger partial charge in [-0.3, -0.25) is 16.3 Å². The van der Waals surface area contributed by atoms with Crippen LogP contribution >= 0.6 is 0 Å². The number of hydrogen-bond donors (Lipinski definition) is 2. The van der Waals surface area contributed by atoms with Gasteiger partial charge >= 0.3 is 0 Å². The lowest BCUT2D eigenvalue weighted by Crippen LogP contribution is -2.48. The quantitative estimate of drug-likeness (QED) is 0.665. The van der Waals surface area contributed by atoms with E-state index in [2.05, 4.69) is 29.5 Å². The second kappa shape index (κ2) is 5.48. The third-order valence-corrected chi connectivity index (χ3v) is 4.22. The molecule has 1 aromatic carbocycles. The molecule has 1 aliphatic heterocycles.